The van der Waals surface area contributed by atoms with Gasteiger partial charge in [0, 0.05) is 40.9 Å². The van der Waals surface area contributed by atoms with Gasteiger partial charge in [-0.2, -0.15) is 0 Å². The number of Topliss-reactive ketones (excluding diaryl/α,β-unsaturated/α-hetero) is 1. The molecular weight excluding hydrogens is 354 g/mol. The van der Waals surface area contributed by atoms with Gasteiger partial charge in [0.15, 0.2) is 5.78 Å². The van der Waals surface area contributed by atoms with Crippen molar-refractivity contribution < 1.29 is 4.79 Å². The molecule has 3 heterocycles. The third-order valence-electron chi connectivity index (χ3n) is 5.27. The zero-order valence-electron chi connectivity index (χ0n) is 14.7. The summed E-state index contributed by atoms with van der Waals surface area (Å²) in [6, 6.07) is 16.1. The van der Waals surface area contributed by atoms with E-state index in [-0.39, 0.29) is 17.7 Å². The Morgan fingerprint density at radius 3 is 2.67 bits per heavy atom. The lowest BCUT2D eigenvalue weighted by atomic mass is 9.81. The van der Waals surface area contributed by atoms with Gasteiger partial charge in [-0.05, 0) is 41.6 Å². The Balaban J connectivity index is 1.63. The fraction of sp³-hybridized carbons (Fsp3) is 0.182. The van der Waals surface area contributed by atoms with Gasteiger partial charge in [0.2, 0.25) is 0 Å². The Labute approximate surface area is 162 Å². The largest absolute Gasteiger partial charge is 0.372 e. The normalized spacial score (nSPS) is 21.6. The van der Waals surface area contributed by atoms with Gasteiger partial charge in [0.05, 0.1) is 17.4 Å². The molecule has 1 aliphatic carbocycles. The molecule has 0 fully saturated rings. The summed E-state index contributed by atoms with van der Waals surface area (Å²) in [6.07, 6.45) is 5.00. The summed E-state index contributed by atoms with van der Waals surface area (Å²) in [5.41, 5.74) is 4.88. The summed E-state index contributed by atoms with van der Waals surface area (Å²) in [7, 11) is 0. The molecule has 4 nitrogen and oxygen atoms in total. The first-order chi connectivity index (χ1) is 13.3. The lowest BCUT2D eigenvalue weighted by Gasteiger charge is -2.29. The van der Waals surface area contributed by atoms with Crippen LogP contribution in [-0.2, 0) is 4.79 Å². The Bertz CT molecular complexity index is 1010. The molecule has 0 unspecified atom stereocenters. The van der Waals surface area contributed by atoms with Crippen LogP contribution in [0, 0.1) is 0 Å². The maximum absolute atomic E-state index is 13.3. The molecule has 2 aromatic heterocycles. The zero-order chi connectivity index (χ0) is 18.2. The summed E-state index contributed by atoms with van der Waals surface area (Å²) < 4.78 is 0. The lowest BCUT2D eigenvalue weighted by Crippen LogP contribution is -2.26. The molecule has 2 N–H and O–H groups in total. The van der Waals surface area contributed by atoms with Crippen LogP contribution in [-0.4, -0.2) is 10.8 Å². The second kappa shape index (κ2) is 6.67. The first-order valence-electron chi connectivity index (χ1n) is 9.12. The van der Waals surface area contributed by atoms with Crippen molar-refractivity contribution in [3.63, 3.8) is 0 Å². The summed E-state index contributed by atoms with van der Waals surface area (Å²) in [5, 5.41) is 9.22. The number of nitrogens with zero attached hydrogens (tertiary/aromatic N) is 1. The molecule has 5 heteroatoms. The Kier molecular flexibility index (Phi) is 4.02. The molecule has 0 saturated carbocycles. The van der Waals surface area contributed by atoms with Gasteiger partial charge >= 0.3 is 0 Å². The number of hydrogen-bond donors (Lipinski definition) is 2. The van der Waals surface area contributed by atoms with E-state index < -0.39 is 0 Å². The number of nitrogens with one attached hydrogen (secondary N) is 2. The minimum absolute atomic E-state index is 0.193. The number of aromatic nitrogens is 1. The average Bonchev–Trinajstić information content (AvgIpc) is 3.17. The number of hydrogen-bond acceptors (Lipinski definition) is 5. The fourth-order valence-electron chi connectivity index (χ4n) is 4.01. The Morgan fingerprint density at radius 2 is 1.89 bits per heavy atom. The molecule has 2 aliphatic rings. The van der Waals surface area contributed by atoms with E-state index >= 15 is 0 Å². The van der Waals surface area contributed by atoms with E-state index in [1.165, 1.54) is 4.88 Å². The molecule has 0 spiro atoms. The van der Waals surface area contributed by atoms with Crippen molar-refractivity contribution in [2.45, 2.75) is 24.8 Å². The van der Waals surface area contributed by atoms with Crippen LogP contribution in [0.4, 0.5) is 11.4 Å². The predicted octanol–water partition coefficient (Wildman–Crippen LogP) is 5.12. The van der Waals surface area contributed by atoms with E-state index in [0.717, 1.165) is 34.6 Å². The molecule has 1 aliphatic heterocycles. The molecule has 0 saturated heterocycles. The number of anilines is 2. The first kappa shape index (κ1) is 16.3. The second-order valence-corrected chi connectivity index (χ2v) is 7.95. The van der Waals surface area contributed by atoms with Crippen molar-refractivity contribution in [2.24, 2.45) is 0 Å². The molecule has 5 rings (SSSR count). The van der Waals surface area contributed by atoms with Crippen molar-refractivity contribution in [3.05, 3.63) is 88.0 Å². The molecule has 3 aromatic rings. The van der Waals surface area contributed by atoms with Crippen molar-refractivity contribution in [1.82, 2.24) is 4.98 Å². The maximum Gasteiger partial charge on any atom is 0.163 e. The van der Waals surface area contributed by atoms with Crippen LogP contribution in [0.3, 0.4) is 0 Å². The highest BCUT2D eigenvalue weighted by Crippen LogP contribution is 2.44. The van der Waals surface area contributed by atoms with Gasteiger partial charge in [-0.25, -0.2) is 0 Å². The average molecular weight is 373 g/mol. The zero-order valence-corrected chi connectivity index (χ0v) is 15.5. The monoisotopic (exact) mass is 373 g/mol. The van der Waals surface area contributed by atoms with Crippen LogP contribution in [0.2, 0.25) is 0 Å². The number of fused-ring (bicyclic) bond motifs is 1. The minimum Gasteiger partial charge on any atom is -0.372 e. The first-order valence-corrected chi connectivity index (χ1v) is 10.00. The number of thiophene rings is 1. The van der Waals surface area contributed by atoms with Gasteiger partial charge in [-0.1, -0.05) is 24.3 Å². The third kappa shape index (κ3) is 2.94. The number of carbonyl (C=O) groups excluding carboxylic acids is 1. The van der Waals surface area contributed by atoms with Gasteiger partial charge in [-0.3, -0.25) is 9.78 Å². The molecule has 134 valence electrons. The Morgan fingerprint density at radius 1 is 1.00 bits per heavy atom. The second-order valence-electron chi connectivity index (χ2n) is 6.97. The number of pyridine rings is 1. The van der Waals surface area contributed by atoms with Crippen molar-refractivity contribution in [3.8, 4) is 0 Å². The highest BCUT2D eigenvalue weighted by atomic mass is 32.1. The van der Waals surface area contributed by atoms with Crippen LogP contribution in [0.25, 0.3) is 0 Å². The topological polar surface area (TPSA) is 54.0 Å². The summed E-state index contributed by atoms with van der Waals surface area (Å²) in [6.45, 7) is 0. The Hall–Kier alpha value is -2.92. The lowest BCUT2D eigenvalue weighted by molar-refractivity contribution is -0.116. The van der Waals surface area contributed by atoms with Gasteiger partial charge in [-0.15, -0.1) is 11.3 Å². The van der Waals surface area contributed by atoms with Crippen LogP contribution in [0.15, 0.2) is 77.6 Å². The molecule has 0 bridgehead atoms. The van der Waals surface area contributed by atoms with E-state index in [1.807, 2.05) is 36.5 Å². The quantitative estimate of drug-likeness (QED) is 0.654. The number of carbonyl (C=O) groups is 1. The van der Waals surface area contributed by atoms with Crippen LogP contribution in [0.1, 0.15) is 35.2 Å². The predicted molar refractivity (Wildman–Crippen MR) is 109 cm³/mol. The van der Waals surface area contributed by atoms with Crippen LogP contribution < -0.4 is 10.6 Å². The van der Waals surface area contributed by atoms with E-state index in [0.29, 0.717) is 6.42 Å². The molecule has 0 amide bonds. The van der Waals surface area contributed by atoms with Gasteiger partial charge < -0.3 is 10.6 Å². The molecule has 0 radical (unpaired) electrons. The highest BCUT2D eigenvalue weighted by Gasteiger charge is 2.36. The smallest absolute Gasteiger partial charge is 0.163 e. The molecular formula is C22H19N3OS. The molecule has 2 atom stereocenters. The SMILES string of the molecule is O=C1C[C@H](c2cccs2)CC2=C1[C@H](c1cccnc1)Nc1ccccc1N2. The van der Waals surface area contributed by atoms with E-state index in [9.17, 15) is 4.79 Å². The maximum atomic E-state index is 13.3. The number of allylic oxidation sites excluding steroid dienone is 1. The standard InChI is InChI=1S/C22H19N3OS/c26-19-12-15(20-8-4-10-27-20)11-18-21(19)22(14-5-3-9-23-13-14)25-17-7-2-1-6-16(17)24-18/h1-10,13,15,22,24-25H,11-12H2/t15-,22+/m1/s1. The summed E-state index contributed by atoms with van der Waals surface area (Å²) >= 11 is 1.73. The summed E-state index contributed by atoms with van der Waals surface area (Å²) in [5.74, 6) is 0.444. The highest BCUT2D eigenvalue weighted by molar-refractivity contribution is 7.10. The third-order valence-corrected chi connectivity index (χ3v) is 6.31. The minimum atomic E-state index is -0.193. The van der Waals surface area contributed by atoms with Gasteiger partial charge in [0.1, 0.15) is 0 Å². The number of para-hydroxylation sites is 2. The van der Waals surface area contributed by atoms with E-state index in [1.54, 1.807) is 17.5 Å². The van der Waals surface area contributed by atoms with E-state index in [4.69, 9.17) is 0 Å². The van der Waals surface area contributed by atoms with Gasteiger partial charge in [0.25, 0.3) is 0 Å². The fourth-order valence-corrected chi connectivity index (χ4v) is 4.84. The van der Waals surface area contributed by atoms with Crippen LogP contribution in [0.5, 0.6) is 0 Å². The number of rotatable bonds is 2. The number of benzene rings is 1. The van der Waals surface area contributed by atoms with Crippen molar-refractivity contribution >= 4 is 28.5 Å². The van der Waals surface area contributed by atoms with E-state index in [2.05, 4.69) is 39.2 Å². The molecule has 1 aromatic carbocycles. The molecule has 27 heavy (non-hydrogen) atoms. The van der Waals surface area contributed by atoms with Crippen molar-refractivity contribution in [1.29, 1.82) is 0 Å². The summed E-state index contributed by atoms with van der Waals surface area (Å²) in [4.78, 5) is 18.8. The number of ketones is 1. The van der Waals surface area contributed by atoms with Crippen molar-refractivity contribution in [2.75, 3.05) is 10.6 Å². The van der Waals surface area contributed by atoms with Crippen LogP contribution >= 0.6 is 11.3 Å².